The zero-order chi connectivity index (χ0) is 30.8. The van der Waals surface area contributed by atoms with Crippen molar-refractivity contribution in [3.63, 3.8) is 0 Å². The molecule has 1 atom stereocenters. The van der Waals surface area contributed by atoms with Gasteiger partial charge in [0.25, 0.3) is 11.5 Å². The largest absolute Gasteiger partial charge is 0.488 e. The second-order valence-corrected chi connectivity index (χ2v) is 12.3. The Kier molecular flexibility index (Phi) is 8.73. The highest BCUT2D eigenvalue weighted by Gasteiger charge is 2.32. The lowest BCUT2D eigenvalue weighted by molar-refractivity contribution is -0.113. The Morgan fingerprint density at radius 2 is 1.66 bits per heavy atom. The monoisotopic (exact) mass is 659 g/mol. The van der Waals surface area contributed by atoms with Crippen molar-refractivity contribution >= 4 is 63.8 Å². The lowest BCUT2D eigenvalue weighted by Crippen LogP contribution is -2.40. The van der Waals surface area contributed by atoms with E-state index in [0.29, 0.717) is 52.7 Å². The van der Waals surface area contributed by atoms with Crippen LogP contribution in [0.25, 0.3) is 6.08 Å². The molecule has 0 radical (unpaired) electrons. The van der Waals surface area contributed by atoms with Gasteiger partial charge in [-0.05, 0) is 67.1 Å². The van der Waals surface area contributed by atoms with Crippen molar-refractivity contribution in [3.05, 3.63) is 160 Å². The van der Waals surface area contributed by atoms with Gasteiger partial charge in [-0.25, -0.2) is 4.99 Å². The van der Waals surface area contributed by atoms with Crippen molar-refractivity contribution in [1.82, 2.24) is 4.57 Å². The number of fused-ring (bicyclic) bond motifs is 1. The first-order valence-electron chi connectivity index (χ1n) is 13.6. The van der Waals surface area contributed by atoms with Crippen LogP contribution in [0.2, 0.25) is 15.1 Å². The molecule has 1 amide bonds. The van der Waals surface area contributed by atoms with Crippen LogP contribution >= 0.6 is 46.1 Å². The van der Waals surface area contributed by atoms with Gasteiger partial charge in [0.05, 0.1) is 21.8 Å². The summed E-state index contributed by atoms with van der Waals surface area (Å²) in [6, 6.07) is 28.2. The first-order chi connectivity index (χ1) is 21.3. The molecule has 1 aromatic heterocycles. The number of hydrogen-bond acceptors (Lipinski definition) is 5. The van der Waals surface area contributed by atoms with Gasteiger partial charge < -0.3 is 10.1 Å². The molecule has 10 heteroatoms. The third-order valence-electron chi connectivity index (χ3n) is 7.08. The number of ether oxygens (including phenoxy) is 1. The molecular formula is C34H24Cl3N3O3S. The van der Waals surface area contributed by atoms with Gasteiger partial charge in [0.1, 0.15) is 12.4 Å². The van der Waals surface area contributed by atoms with E-state index in [1.165, 1.54) is 11.3 Å². The number of thiazole rings is 1. The fourth-order valence-electron chi connectivity index (χ4n) is 4.97. The van der Waals surface area contributed by atoms with E-state index in [2.05, 4.69) is 5.32 Å². The van der Waals surface area contributed by atoms with Crippen molar-refractivity contribution in [2.75, 3.05) is 5.32 Å². The highest BCUT2D eigenvalue weighted by atomic mass is 35.5. The second-order valence-electron chi connectivity index (χ2n) is 10.0. The van der Waals surface area contributed by atoms with Crippen molar-refractivity contribution in [2.45, 2.75) is 19.6 Å². The molecule has 5 aromatic rings. The first-order valence-corrected chi connectivity index (χ1v) is 15.5. The molecule has 0 saturated heterocycles. The van der Waals surface area contributed by atoms with Crippen molar-refractivity contribution in [1.29, 1.82) is 0 Å². The second kappa shape index (κ2) is 12.8. The van der Waals surface area contributed by atoms with Crippen molar-refractivity contribution in [2.24, 2.45) is 4.99 Å². The minimum atomic E-state index is -0.732. The lowest BCUT2D eigenvalue weighted by Gasteiger charge is -2.25. The van der Waals surface area contributed by atoms with Gasteiger partial charge in [0.2, 0.25) is 0 Å². The number of aromatic nitrogens is 1. The fourth-order valence-corrected chi connectivity index (χ4v) is 6.50. The molecule has 0 spiro atoms. The Labute approximate surface area is 272 Å². The lowest BCUT2D eigenvalue weighted by atomic mass is 9.95. The number of rotatable bonds is 7. The quantitative estimate of drug-likeness (QED) is 0.198. The number of para-hydroxylation sites is 1. The van der Waals surface area contributed by atoms with E-state index >= 15 is 0 Å². The van der Waals surface area contributed by atoms with Gasteiger partial charge >= 0.3 is 0 Å². The number of benzene rings is 4. The molecule has 2 heterocycles. The van der Waals surface area contributed by atoms with Crippen LogP contribution in [0.1, 0.15) is 29.7 Å². The highest BCUT2D eigenvalue weighted by molar-refractivity contribution is 7.07. The van der Waals surface area contributed by atoms with E-state index in [-0.39, 0.29) is 18.1 Å². The summed E-state index contributed by atoms with van der Waals surface area (Å²) >= 11 is 20.1. The maximum absolute atomic E-state index is 14.1. The third kappa shape index (κ3) is 6.23. The number of amides is 1. The molecule has 1 aliphatic heterocycles. The van der Waals surface area contributed by atoms with Gasteiger partial charge in [-0.2, -0.15) is 0 Å². The summed E-state index contributed by atoms with van der Waals surface area (Å²) in [4.78, 5) is 33.0. The zero-order valence-electron chi connectivity index (χ0n) is 23.3. The average Bonchev–Trinajstić information content (AvgIpc) is 3.31. The Balaban J connectivity index is 1.44. The van der Waals surface area contributed by atoms with Gasteiger partial charge in [0, 0.05) is 31.9 Å². The molecule has 1 N–H and O–H groups in total. The van der Waals surface area contributed by atoms with E-state index in [1.54, 1.807) is 66.1 Å². The molecular weight excluding hydrogens is 637 g/mol. The Hall–Kier alpha value is -4.14. The number of nitrogens with zero attached hydrogens (tertiary/aromatic N) is 2. The number of carbonyl (C=O) groups excluding carboxylic acids is 1. The van der Waals surface area contributed by atoms with E-state index in [9.17, 15) is 9.59 Å². The average molecular weight is 661 g/mol. The van der Waals surface area contributed by atoms with Crippen LogP contribution in [0.4, 0.5) is 5.69 Å². The SMILES string of the molecule is CC1=C(C(=O)Nc2ccccc2)[C@H](c2ccc(Cl)cc2)n2c(s/c(=C\c3cc(Cl)ccc3OCc3ccccc3Cl)c2=O)=N1. The molecule has 1 aliphatic rings. The first kappa shape index (κ1) is 29.9. The summed E-state index contributed by atoms with van der Waals surface area (Å²) in [6.07, 6.45) is 1.74. The molecule has 44 heavy (non-hydrogen) atoms. The van der Waals surface area contributed by atoms with Crippen LogP contribution in [0.5, 0.6) is 5.75 Å². The highest BCUT2D eigenvalue weighted by Crippen LogP contribution is 2.32. The van der Waals surface area contributed by atoms with Crippen LogP contribution in [0.15, 0.2) is 118 Å². The van der Waals surface area contributed by atoms with E-state index in [0.717, 1.165) is 11.1 Å². The van der Waals surface area contributed by atoms with Crippen LogP contribution in [-0.4, -0.2) is 10.5 Å². The summed E-state index contributed by atoms with van der Waals surface area (Å²) in [5.41, 5.74) is 3.38. The van der Waals surface area contributed by atoms with Crippen LogP contribution < -0.4 is 24.9 Å². The van der Waals surface area contributed by atoms with Crippen molar-refractivity contribution < 1.29 is 9.53 Å². The molecule has 0 bridgehead atoms. The number of nitrogens with one attached hydrogen (secondary N) is 1. The molecule has 0 unspecified atom stereocenters. The molecule has 220 valence electrons. The standard InChI is InChI=1S/C34H24Cl3N3O3S/c1-20-30(32(41)39-26-8-3-2-4-9-26)31(21-11-13-24(35)14-12-21)40-33(42)29(44-34(40)38-20)18-23-17-25(36)15-16-28(23)43-19-22-7-5-6-10-27(22)37/h2-18,31H,19H2,1H3,(H,39,41)/b29-18-/t31-/m0/s1. The summed E-state index contributed by atoms with van der Waals surface area (Å²) in [5.74, 6) is 0.185. The number of allylic oxidation sites excluding steroid dienone is 1. The molecule has 0 aliphatic carbocycles. The van der Waals surface area contributed by atoms with E-state index in [4.69, 9.17) is 44.5 Å². The summed E-state index contributed by atoms with van der Waals surface area (Å²) in [5, 5.41) is 4.58. The van der Waals surface area contributed by atoms with Gasteiger partial charge in [-0.3, -0.25) is 14.2 Å². The van der Waals surface area contributed by atoms with Gasteiger partial charge in [-0.15, -0.1) is 0 Å². The predicted octanol–water partition coefficient (Wildman–Crippen LogP) is 7.41. The topological polar surface area (TPSA) is 72.7 Å². The summed E-state index contributed by atoms with van der Waals surface area (Å²) in [6.45, 7) is 2.01. The fraction of sp³-hybridized carbons (Fsp3) is 0.0882. The minimum absolute atomic E-state index is 0.235. The Bertz CT molecular complexity index is 2090. The smallest absolute Gasteiger partial charge is 0.271 e. The van der Waals surface area contributed by atoms with Gasteiger partial charge in [0.15, 0.2) is 4.80 Å². The molecule has 4 aromatic carbocycles. The number of halogens is 3. The molecule has 0 saturated carbocycles. The third-order valence-corrected chi connectivity index (χ3v) is 8.92. The van der Waals surface area contributed by atoms with Gasteiger partial charge in [-0.1, -0.05) is 94.7 Å². The normalized spacial score (nSPS) is 14.6. The Morgan fingerprint density at radius 3 is 2.41 bits per heavy atom. The zero-order valence-corrected chi connectivity index (χ0v) is 26.3. The van der Waals surface area contributed by atoms with Crippen LogP contribution in [-0.2, 0) is 11.4 Å². The molecule has 6 rings (SSSR count). The summed E-state index contributed by atoms with van der Waals surface area (Å²) in [7, 11) is 0. The maximum atomic E-state index is 14.1. The van der Waals surface area contributed by atoms with Crippen molar-refractivity contribution in [3.8, 4) is 5.75 Å². The van der Waals surface area contributed by atoms with E-state index in [1.807, 2.05) is 48.5 Å². The minimum Gasteiger partial charge on any atom is -0.488 e. The van der Waals surface area contributed by atoms with Crippen LogP contribution in [0.3, 0.4) is 0 Å². The predicted molar refractivity (Wildman–Crippen MR) is 178 cm³/mol. The van der Waals surface area contributed by atoms with E-state index < -0.39 is 6.04 Å². The number of carbonyl (C=O) groups is 1. The number of hydrogen-bond donors (Lipinski definition) is 1. The number of anilines is 1. The Morgan fingerprint density at radius 1 is 0.955 bits per heavy atom. The maximum Gasteiger partial charge on any atom is 0.271 e. The molecule has 0 fully saturated rings. The summed E-state index contributed by atoms with van der Waals surface area (Å²) < 4.78 is 8.09. The molecule has 6 nitrogen and oxygen atoms in total. The van der Waals surface area contributed by atoms with Crippen LogP contribution in [0, 0.1) is 0 Å².